The van der Waals surface area contributed by atoms with Crippen LogP contribution in [0, 0.1) is 0 Å². The zero-order valence-corrected chi connectivity index (χ0v) is 10.9. The fourth-order valence-electron chi connectivity index (χ4n) is 2.10. The maximum atomic E-state index is 11.4. The number of carbonyl (C=O) groups is 2. The third-order valence-electron chi connectivity index (χ3n) is 2.99. The molecule has 0 spiro atoms. The summed E-state index contributed by atoms with van der Waals surface area (Å²) < 4.78 is 0.927. The summed E-state index contributed by atoms with van der Waals surface area (Å²) in [6, 6.07) is 4.99. The summed E-state index contributed by atoms with van der Waals surface area (Å²) in [6.07, 6.45) is 0.365. The number of carboxylic acid groups (broad SMARTS) is 1. The minimum atomic E-state index is -0.953. The number of hydrogen-bond donors (Lipinski definition) is 1. The topological polar surface area (TPSA) is 57.6 Å². The van der Waals surface area contributed by atoms with E-state index in [0.29, 0.717) is 13.0 Å². The molecule has 1 aromatic carbocycles. The first kappa shape index (κ1) is 12.1. The molecule has 1 atom stereocenters. The van der Waals surface area contributed by atoms with Gasteiger partial charge in [-0.15, -0.1) is 0 Å². The Labute approximate surface area is 107 Å². The molecule has 1 aromatic rings. The molecule has 0 aromatic heterocycles. The summed E-state index contributed by atoms with van der Waals surface area (Å²) in [7, 11) is 0. The molecule has 0 saturated heterocycles. The summed E-state index contributed by atoms with van der Waals surface area (Å²) in [6.45, 7) is 1.77. The van der Waals surface area contributed by atoms with Crippen LogP contribution >= 0.6 is 15.9 Å². The van der Waals surface area contributed by atoms with Crippen molar-refractivity contribution in [2.75, 3.05) is 0 Å². The number of carbonyl (C=O) groups excluding carboxylic acids is 1. The van der Waals surface area contributed by atoms with E-state index in [1.807, 2.05) is 18.2 Å². The average Bonchev–Trinajstić information content (AvgIpc) is 2.26. The third kappa shape index (κ3) is 2.34. The molecule has 4 nitrogen and oxygen atoms in total. The first-order valence-corrected chi connectivity index (χ1v) is 6.05. The van der Waals surface area contributed by atoms with E-state index in [4.69, 9.17) is 5.11 Å². The first-order valence-electron chi connectivity index (χ1n) is 5.26. The van der Waals surface area contributed by atoms with Gasteiger partial charge in [-0.25, -0.2) is 4.79 Å². The molecule has 90 valence electrons. The van der Waals surface area contributed by atoms with Gasteiger partial charge in [-0.2, -0.15) is 0 Å². The zero-order chi connectivity index (χ0) is 12.6. The van der Waals surface area contributed by atoms with Gasteiger partial charge in [-0.1, -0.05) is 22.0 Å². The van der Waals surface area contributed by atoms with Crippen LogP contribution in [0.2, 0.25) is 0 Å². The fourth-order valence-corrected chi connectivity index (χ4v) is 2.51. The van der Waals surface area contributed by atoms with Crippen molar-refractivity contribution in [3.63, 3.8) is 0 Å². The Morgan fingerprint density at radius 3 is 2.71 bits per heavy atom. The van der Waals surface area contributed by atoms with Crippen molar-refractivity contribution in [2.24, 2.45) is 0 Å². The van der Waals surface area contributed by atoms with Crippen LogP contribution in [0.1, 0.15) is 18.1 Å². The lowest BCUT2D eigenvalue weighted by atomic mass is 9.94. The Hall–Kier alpha value is -1.36. The summed E-state index contributed by atoms with van der Waals surface area (Å²) in [5.41, 5.74) is 2.00. The third-order valence-corrected chi connectivity index (χ3v) is 3.48. The minimum Gasteiger partial charge on any atom is -0.480 e. The highest BCUT2D eigenvalue weighted by molar-refractivity contribution is 9.10. The number of carboxylic acids is 1. The van der Waals surface area contributed by atoms with Crippen LogP contribution in [0.15, 0.2) is 22.7 Å². The van der Waals surface area contributed by atoms with Crippen LogP contribution < -0.4 is 0 Å². The molecular formula is C12H12BrNO3. The van der Waals surface area contributed by atoms with Crippen LogP contribution in [0.4, 0.5) is 0 Å². The number of hydrogen-bond acceptors (Lipinski definition) is 2. The van der Waals surface area contributed by atoms with Crippen LogP contribution in [0.3, 0.4) is 0 Å². The van der Waals surface area contributed by atoms with Gasteiger partial charge in [-0.05, 0) is 23.3 Å². The molecule has 5 heteroatoms. The van der Waals surface area contributed by atoms with Crippen molar-refractivity contribution >= 4 is 27.8 Å². The van der Waals surface area contributed by atoms with Crippen molar-refractivity contribution in [1.29, 1.82) is 0 Å². The molecule has 0 aliphatic carbocycles. The molecule has 1 N–H and O–H groups in total. The van der Waals surface area contributed by atoms with Gasteiger partial charge in [0.15, 0.2) is 0 Å². The molecule has 1 unspecified atom stereocenters. The fraction of sp³-hybridized carbons (Fsp3) is 0.333. The molecule has 0 radical (unpaired) electrons. The summed E-state index contributed by atoms with van der Waals surface area (Å²) >= 11 is 3.36. The Morgan fingerprint density at radius 2 is 2.12 bits per heavy atom. The van der Waals surface area contributed by atoms with Crippen molar-refractivity contribution in [1.82, 2.24) is 4.90 Å². The van der Waals surface area contributed by atoms with Gasteiger partial charge in [0, 0.05) is 24.4 Å². The standard InChI is InChI=1S/C12H12BrNO3/c1-7(15)14-6-8-2-3-10(13)4-9(8)5-11(14)12(16)17/h2-4,11H,5-6H2,1H3,(H,16,17). The van der Waals surface area contributed by atoms with Crippen molar-refractivity contribution in [2.45, 2.75) is 25.9 Å². The van der Waals surface area contributed by atoms with Crippen molar-refractivity contribution in [3.05, 3.63) is 33.8 Å². The molecule has 17 heavy (non-hydrogen) atoms. The minimum absolute atomic E-state index is 0.203. The largest absolute Gasteiger partial charge is 0.480 e. The van der Waals surface area contributed by atoms with Crippen LogP contribution in [0.25, 0.3) is 0 Å². The number of halogens is 1. The highest BCUT2D eigenvalue weighted by Gasteiger charge is 2.32. The quantitative estimate of drug-likeness (QED) is 0.860. The lowest BCUT2D eigenvalue weighted by Crippen LogP contribution is -2.47. The number of nitrogens with zero attached hydrogens (tertiary/aromatic N) is 1. The molecular weight excluding hydrogens is 286 g/mol. The van der Waals surface area contributed by atoms with E-state index < -0.39 is 12.0 Å². The Balaban J connectivity index is 2.39. The van der Waals surface area contributed by atoms with E-state index in [1.54, 1.807) is 0 Å². The number of rotatable bonds is 1. The van der Waals surface area contributed by atoms with E-state index in [1.165, 1.54) is 11.8 Å². The highest BCUT2D eigenvalue weighted by Crippen LogP contribution is 2.26. The van der Waals surface area contributed by atoms with E-state index >= 15 is 0 Å². The predicted molar refractivity (Wildman–Crippen MR) is 65.5 cm³/mol. The molecule has 2 rings (SSSR count). The van der Waals surface area contributed by atoms with E-state index in [0.717, 1.165) is 15.6 Å². The molecule has 0 bridgehead atoms. The van der Waals surface area contributed by atoms with E-state index in [-0.39, 0.29) is 5.91 Å². The number of benzene rings is 1. The average molecular weight is 298 g/mol. The maximum Gasteiger partial charge on any atom is 0.326 e. The molecule has 1 amide bonds. The Morgan fingerprint density at radius 1 is 1.41 bits per heavy atom. The summed E-state index contributed by atoms with van der Waals surface area (Å²) in [5.74, 6) is -1.16. The lowest BCUT2D eigenvalue weighted by Gasteiger charge is -2.33. The van der Waals surface area contributed by atoms with Gasteiger partial charge in [0.05, 0.1) is 0 Å². The van der Waals surface area contributed by atoms with Crippen LogP contribution in [0.5, 0.6) is 0 Å². The Bertz CT molecular complexity index is 487. The second-order valence-electron chi connectivity index (χ2n) is 4.12. The maximum absolute atomic E-state index is 11.4. The molecule has 0 saturated carbocycles. The van der Waals surface area contributed by atoms with Gasteiger partial charge in [-0.3, -0.25) is 4.79 Å². The predicted octanol–water partition coefficient (Wildman–Crippen LogP) is 1.81. The van der Waals surface area contributed by atoms with E-state index in [2.05, 4.69) is 15.9 Å². The second-order valence-corrected chi connectivity index (χ2v) is 5.03. The van der Waals surface area contributed by atoms with Gasteiger partial charge in [0.1, 0.15) is 6.04 Å². The first-order chi connectivity index (χ1) is 7.99. The number of fused-ring (bicyclic) bond motifs is 1. The van der Waals surface area contributed by atoms with Crippen LogP contribution in [-0.2, 0) is 22.6 Å². The van der Waals surface area contributed by atoms with E-state index in [9.17, 15) is 9.59 Å². The van der Waals surface area contributed by atoms with Gasteiger partial charge in [0.2, 0.25) is 5.91 Å². The monoisotopic (exact) mass is 297 g/mol. The van der Waals surface area contributed by atoms with Gasteiger partial charge >= 0.3 is 5.97 Å². The molecule has 1 heterocycles. The number of aliphatic carboxylic acids is 1. The smallest absolute Gasteiger partial charge is 0.326 e. The normalized spacial score (nSPS) is 18.7. The van der Waals surface area contributed by atoms with Crippen molar-refractivity contribution < 1.29 is 14.7 Å². The number of amides is 1. The Kier molecular flexibility index (Phi) is 3.19. The summed E-state index contributed by atoms with van der Waals surface area (Å²) in [5, 5.41) is 9.15. The van der Waals surface area contributed by atoms with Crippen molar-refractivity contribution in [3.8, 4) is 0 Å². The molecule has 1 aliphatic heterocycles. The SMILES string of the molecule is CC(=O)N1Cc2ccc(Br)cc2CC1C(=O)O. The zero-order valence-electron chi connectivity index (χ0n) is 9.31. The van der Waals surface area contributed by atoms with Crippen LogP contribution in [-0.4, -0.2) is 27.9 Å². The summed E-state index contributed by atoms with van der Waals surface area (Å²) in [4.78, 5) is 24.0. The second kappa shape index (κ2) is 4.49. The van der Waals surface area contributed by atoms with Gasteiger partial charge < -0.3 is 10.0 Å². The highest BCUT2D eigenvalue weighted by atomic mass is 79.9. The molecule has 1 aliphatic rings. The lowest BCUT2D eigenvalue weighted by molar-refractivity contribution is -0.150. The molecule has 0 fully saturated rings. The van der Waals surface area contributed by atoms with Gasteiger partial charge in [0.25, 0.3) is 0 Å².